The predicted octanol–water partition coefficient (Wildman–Crippen LogP) is 0.572. The molecule has 1 aliphatic heterocycles. The smallest absolute Gasteiger partial charge is 0.239 e. The number of piperidine rings is 1. The molecule has 0 aromatic carbocycles. The van der Waals surface area contributed by atoms with Crippen LogP contribution in [0.2, 0.25) is 0 Å². The van der Waals surface area contributed by atoms with Crippen LogP contribution >= 0.6 is 0 Å². The summed E-state index contributed by atoms with van der Waals surface area (Å²) in [7, 11) is 0. The summed E-state index contributed by atoms with van der Waals surface area (Å²) in [5, 5.41) is 2.88. The molecule has 16 heavy (non-hydrogen) atoms. The minimum absolute atomic E-state index is 0.0717. The van der Waals surface area contributed by atoms with Gasteiger partial charge in [-0.15, -0.1) is 0 Å². The Kier molecular flexibility index (Phi) is 4.74. The van der Waals surface area contributed by atoms with Gasteiger partial charge < -0.3 is 16.0 Å². The Morgan fingerprint density at radius 3 is 2.81 bits per heavy atom. The quantitative estimate of drug-likeness (QED) is 0.738. The lowest BCUT2D eigenvalue weighted by Crippen LogP contribution is -2.51. The van der Waals surface area contributed by atoms with E-state index in [0.717, 1.165) is 25.6 Å². The molecule has 0 aromatic heterocycles. The van der Waals surface area contributed by atoms with Crippen molar-refractivity contribution in [2.75, 3.05) is 26.2 Å². The predicted molar refractivity (Wildman–Crippen MR) is 66.1 cm³/mol. The highest BCUT2D eigenvalue weighted by Crippen LogP contribution is 2.14. The summed E-state index contributed by atoms with van der Waals surface area (Å²) in [6.45, 7) is 9.69. The van der Waals surface area contributed by atoms with Crippen molar-refractivity contribution in [3.63, 3.8) is 0 Å². The summed E-state index contributed by atoms with van der Waals surface area (Å²) in [6.07, 6.45) is 2.61. The Balaban J connectivity index is 2.18. The van der Waals surface area contributed by atoms with Crippen LogP contribution in [0.4, 0.5) is 0 Å². The van der Waals surface area contributed by atoms with Crippen LogP contribution in [0.25, 0.3) is 0 Å². The topological polar surface area (TPSA) is 58.4 Å². The maximum Gasteiger partial charge on any atom is 0.239 e. The van der Waals surface area contributed by atoms with Gasteiger partial charge in [0.25, 0.3) is 0 Å². The molecular weight excluding hydrogens is 202 g/mol. The zero-order valence-corrected chi connectivity index (χ0v) is 10.8. The molecule has 4 heteroatoms. The average Bonchev–Trinajstić information content (AvgIpc) is 2.16. The Morgan fingerprint density at radius 1 is 1.56 bits per heavy atom. The summed E-state index contributed by atoms with van der Waals surface area (Å²) in [6, 6.07) is 0. The fraction of sp³-hybridized carbons (Fsp3) is 0.917. The number of nitrogens with two attached hydrogens (primary N) is 1. The van der Waals surface area contributed by atoms with Gasteiger partial charge in [0, 0.05) is 19.6 Å². The lowest BCUT2D eigenvalue weighted by atomic mass is 10.0. The molecular formula is C12H25N3O. The van der Waals surface area contributed by atoms with Crippen LogP contribution in [0.1, 0.15) is 33.6 Å². The summed E-state index contributed by atoms with van der Waals surface area (Å²) in [4.78, 5) is 13.9. The van der Waals surface area contributed by atoms with Gasteiger partial charge >= 0.3 is 0 Å². The van der Waals surface area contributed by atoms with Crippen LogP contribution < -0.4 is 11.1 Å². The minimum atomic E-state index is -0.769. The number of carbonyl (C=O) groups is 1. The van der Waals surface area contributed by atoms with Gasteiger partial charge in [0.1, 0.15) is 0 Å². The van der Waals surface area contributed by atoms with Crippen molar-refractivity contribution >= 4 is 5.91 Å². The molecule has 1 saturated heterocycles. The highest BCUT2D eigenvalue weighted by Gasteiger charge is 2.21. The molecule has 1 rings (SSSR count). The highest BCUT2D eigenvalue weighted by molar-refractivity contribution is 5.84. The molecule has 0 spiro atoms. The SMILES string of the molecule is CC1CCCN(CCNC(=O)C(C)(C)N)C1. The largest absolute Gasteiger partial charge is 0.353 e. The third-order valence-electron chi connectivity index (χ3n) is 3.04. The first kappa shape index (κ1) is 13.5. The van der Waals surface area contributed by atoms with Crippen LogP contribution in [0.15, 0.2) is 0 Å². The van der Waals surface area contributed by atoms with E-state index in [9.17, 15) is 4.79 Å². The third kappa shape index (κ3) is 4.49. The van der Waals surface area contributed by atoms with Crippen molar-refractivity contribution in [3.05, 3.63) is 0 Å². The molecule has 0 bridgehead atoms. The van der Waals surface area contributed by atoms with Gasteiger partial charge in [-0.25, -0.2) is 0 Å². The lowest BCUT2D eigenvalue weighted by molar-refractivity contribution is -0.125. The highest BCUT2D eigenvalue weighted by atomic mass is 16.2. The van der Waals surface area contributed by atoms with E-state index in [2.05, 4.69) is 17.1 Å². The van der Waals surface area contributed by atoms with Crippen LogP contribution in [0.3, 0.4) is 0 Å². The van der Waals surface area contributed by atoms with E-state index in [0.29, 0.717) is 6.54 Å². The van der Waals surface area contributed by atoms with Gasteiger partial charge in [0.2, 0.25) is 5.91 Å². The van der Waals surface area contributed by atoms with E-state index in [1.165, 1.54) is 12.8 Å². The monoisotopic (exact) mass is 227 g/mol. The first-order valence-electron chi connectivity index (χ1n) is 6.19. The fourth-order valence-corrected chi connectivity index (χ4v) is 2.05. The van der Waals surface area contributed by atoms with Crippen LogP contribution in [0.5, 0.6) is 0 Å². The summed E-state index contributed by atoms with van der Waals surface area (Å²) in [5.41, 5.74) is 4.93. The maximum absolute atomic E-state index is 11.5. The Hall–Kier alpha value is -0.610. The van der Waals surface area contributed by atoms with Crippen LogP contribution in [-0.2, 0) is 4.79 Å². The molecule has 1 heterocycles. The Labute approximate surface area is 98.6 Å². The van der Waals surface area contributed by atoms with E-state index in [4.69, 9.17) is 5.73 Å². The van der Waals surface area contributed by atoms with E-state index < -0.39 is 5.54 Å². The van der Waals surface area contributed by atoms with Crippen molar-refractivity contribution in [1.29, 1.82) is 0 Å². The Bertz CT molecular complexity index is 235. The summed E-state index contributed by atoms with van der Waals surface area (Å²) < 4.78 is 0. The van der Waals surface area contributed by atoms with Crippen molar-refractivity contribution in [1.82, 2.24) is 10.2 Å². The molecule has 1 atom stereocenters. The number of hydrogen-bond acceptors (Lipinski definition) is 3. The van der Waals surface area contributed by atoms with E-state index in [1.54, 1.807) is 13.8 Å². The van der Waals surface area contributed by atoms with Crippen molar-refractivity contribution < 1.29 is 4.79 Å². The standard InChI is InChI=1S/C12H25N3O/c1-10-5-4-7-15(9-10)8-6-14-11(16)12(2,3)13/h10H,4-9,13H2,1-3H3,(H,14,16). The molecule has 0 saturated carbocycles. The number of nitrogens with one attached hydrogen (secondary N) is 1. The van der Waals surface area contributed by atoms with Gasteiger partial charge in [0.15, 0.2) is 0 Å². The number of rotatable bonds is 4. The van der Waals surface area contributed by atoms with E-state index in [1.807, 2.05) is 0 Å². The zero-order valence-electron chi connectivity index (χ0n) is 10.8. The van der Waals surface area contributed by atoms with Gasteiger partial charge in [-0.05, 0) is 39.2 Å². The van der Waals surface area contributed by atoms with Crippen molar-refractivity contribution in [3.8, 4) is 0 Å². The molecule has 94 valence electrons. The van der Waals surface area contributed by atoms with Gasteiger partial charge in [-0.1, -0.05) is 6.92 Å². The average molecular weight is 227 g/mol. The summed E-state index contributed by atoms with van der Waals surface area (Å²) >= 11 is 0. The lowest BCUT2D eigenvalue weighted by Gasteiger charge is -2.31. The van der Waals surface area contributed by atoms with Crippen molar-refractivity contribution in [2.45, 2.75) is 39.2 Å². The van der Waals surface area contributed by atoms with Crippen LogP contribution in [-0.4, -0.2) is 42.5 Å². The molecule has 0 aromatic rings. The Morgan fingerprint density at radius 2 is 2.25 bits per heavy atom. The second-order valence-corrected chi connectivity index (χ2v) is 5.53. The number of amides is 1. The number of nitrogens with zero attached hydrogens (tertiary/aromatic N) is 1. The molecule has 4 nitrogen and oxygen atoms in total. The van der Waals surface area contributed by atoms with E-state index in [-0.39, 0.29) is 5.91 Å². The zero-order chi connectivity index (χ0) is 12.2. The fourth-order valence-electron chi connectivity index (χ4n) is 2.05. The van der Waals surface area contributed by atoms with E-state index >= 15 is 0 Å². The van der Waals surface area contributed by atoms with Crippen molar-refractivity contribution in [2.24, 2.45) is 11.7 Å². The second-order valence-electron chi connectivity index (χ2n) is 5.53. The van der Waals surface area contributed by atoms with Gasteiger partial charge in [-0.3, -0.25) is 4.79 Å². The molecule has 0 aliphatic carbocycles. The molecule has 0 radical (unpaired) electrons. The maximum atomic E-state index is 11.5. The minimum Gasteiger partial charge on any atom is -0.353 e. The normalized spacial score (nSPS) is 23.1. The molecule has 1 unspecified atom stereocenters. The number of hydrogen-bond donors (Lipinski definition) is 2. The summed E-state index contributed by atoms with van der Waals surface area (Å²) in [5.74, 6) is 0.716. The molecule has 1 amide bonds. The van der Waals surface area contributed by atoms with Crippen LogP contribution in [0, 0.1) is 5.92 Å². The number of likely N-dealkylation sites (tertiary alicyclic amines) is 1. The number of carbonyl (C=O) groups excluding carboxylic acids is 1. The molecule has 1 aliphatic rings. The second kappa shape index (κ2) is 5.64. The first-order valence-corrected chi connectivity index (χ1v) is 6.19. The first-order chi connectivity index (χ1) is 7.39. The van der Waals surface area contributed by atoms with Gasteiger partial charge in [-0.2, -0.15) is 0 Å². The third-order valence-corrected chi connectivity index (χ3v) is 3.04. The van der Waals surface area contributed by atoms with Gasteiger partial charge in [0.05, 0.1) is 5.54 Å². The molecule has 3 N–H and O–H groups in total. The molecule has 1 fully saturated rings.